The predicted octanol–water partition coefficient (Wildman–Crippen LogP) is 4.88. The lowest BCUT2D eigenvalue weighted by Gasteiger charge is -2.26. The number of benzene rings is 1. The number of aliphatic hydroxyl groups excluding tert-OH is 1. The minimum atomic E-state index is -0.701. The van der Waals surface area contributed by atoms with Gasteiger partial charge in [-0.3, -0.25) is 4.98 Å². The van der Waals surface area contributed by atoms with Gasteiger partial charge in [-0.25, -0.2) is 18.7 Å². The number of hydrogen-bond donors (Lipinski definition) is 1. The Balaban J connectivity index is 1.40. The van der Waals surface area contributed by atoms with E-state index in [0.29, 0.717) is 17.8 Å². The second-order valence-corrected chi connectivity index (χ2v) is 8.94. The molecule has 1 saturated carbocycles. The summed E-state index contributed by atoms with van der Waals surface area (Å²) in [6.07, 6.45) is 7.07. The number of nitrogens with zero attached hydrogens (tertiary/aromatic N) is 5. The highest BCUT2D eigenvalue weighted by molar-refractivity contribution is 5.63. The fourth-order valence-electron chi connectivity index (χ4n) is 5.30. The van der Waals surface area contributed by atoms with Gasteiger partial charge in [-0.2, -0.15) is 5.10 Å². The molecule has 4 aromatic rings. The zero-order valence-corrected chi connectivity index (χ0v) is 18.4. The Morgan fingerprint density at radius 2 is 1.97 bits per heavy atom. The molecule has 1 N–H and O–H groups in total. The molecule has 0 aliphatic heterocycles. The lowest BCUT2D eigenvalue weighted by atomic mass is 9.80. The highest BCUT2D eigenvalue weighted by Crippen LogP contribution is 2.59. The van der Waals surface area contributed by atoms with E-state index in [1.807, 2.05) is 6.92 Å². The normalized spacial score (nSPS) is 21.6. The third-order valence-electron chi connectivity index (χ3n) is 7.04. The molecule has 0 spiro atoms. The summed E-state index contributed by atoms with van der Waals surface area (Å²) in [6, 6.07) is 5.53. The molecule has 2 aliphatic carbocycles. The molecular weight excluding hydrogens is 440 g/mol. The van der Waals surface area contributed by atoms with Crippen LogP contribution in [0.15, 0.2) is 47.3 Å². The maximum absolute atomic E-state index is 14.3. The van der Waals surface area contributed by atoms with E-state index in [1.54, 1.807) is 18.5 Å². The van der Waals surface area contributed by atoms with Crippen molar-refractivity contribution in [3.05, 3.63) is 77.2 Å². The summed E-state index contributed by atoms with van der Waals surface area (Å²) in [7, 11) is 0. The van der Waals surface area contributed by atoms with Crippen molar-refractivity contribution in [1.29, 1.82) is 0 Å². The largest absolute Gasteiger partial charge is 0.443 e. The minimum Gasteiger partial charge on any atom is -0.443 e. The van der Waals surface area contributed by atoms with Gasteiger partial charge in [0, 0.05) is 6.20 Å². The average molecular weight is 461 g/mol. The van der Waals surface area contributed by atoms with Gasteiger partial charge < -0.3 is 9.52 Å². The van der Waals surface area contributed by atoms with E-state index in [2.05, 4.69) is 20.2 Å². The van der Waals surface area contributed by atoms with Crippen LogP contribution in [0, 0.1) is 11.6 Å². The maximum Gasteiger partial charge on any atom is 0.247 e. The molecule has 0 radical (unpaired) electrons. The first-order valence-electron chi connectivity index (χ1n) is 11.3. The fraction of sp³-hybridized carbons (Fsp3) is 0.320. The monoisotopic (exact) mass is 461 g/mol. The van der Waals surface area contributed by atoms with E-state index >= 15 is 0 Å². The molecule has 9 heteroatoms. The molecule has 2 aliphatic rings. The van der Waals surface area contributed by atoms with Crippen LogP contribution in [0.3, 0.4) is 0 Å². The van der Waals surface area contributed by atoms with Crippen LogP contribution in [0.2, 0.25) is 0 Å². The van der Waals surface area contributed by atoms with Gasteiger partial charge >= 0.3 is 0 Å². The molecular formula is C25H21F2N5O2. The van der Waals surface area contributed by atoms with Crippen LogP contribution in [-0.4, -0.2) is 30.3 Å². The van der Waals surface area contributed by atoms with Gasteiger partial charge in [0.05, 0.1) is 40.4 Å². The third-order valence-corrected chi connectivity index (χ3v) is 7.04. The molecule has 0 saturated heterocycles. The Bertz CT molecular complexity index is 1390. The van der Waals surface area contributed by atoms with E-state index in [9.17, 15) is 13.9 Å². The van der Waals surface area contributed by atoms with Crippen LogP contribution in [0.1, 0.15) is 67.3 Å². The second-order valence-electron chi connectivity index (χ2n) is 8.94. The van der Waals surface area contributed by atoms with E-state index < -0.39 is 23.2 Å². The van der Waals surface area contributed by atoms with Gasteiger partial charge in [0.1, 0.15) is 29.3 Å². The van der Waals surface area contributed by atoms with Crippen molar-refractivity contribution in [2.24, 2.45) is 0 Å². The van der Waals surface area contributed by atoms with Gasteiger partial charge in [-0.05, 0) is 55.4 Å². The van der Waals surface area contributed by atoms with Crippen LogP contribution < -0.4 is 0 Å². The zero-order valence-electron chi connectivity index (χ0n) is 18.4. The summed E-state index contributed by atoms with van der Waals surface area (Å²) < 4.78 is 34.2. The van der Waals surface area contributed by atoms with Gasteiger partial charge in [-0.1, -0.05) is 13.0 Å². The van der Waals surface area contributed by atoms with Crippen molar-refractivity contribution in [3.63, 3.8) is 0 Å². The molecule has 0 amide bonds. The molecule has 6 rings (SSSR count). The first-order valence-corrected chi connectivity index (χ1v) is 11.3. The Labute approximate surface area is 193 Å². The SMILES string of the molecule is CC[C@@H](O)c1coc(-c2cncc([C@]34CC[C@H](C3)c3cc(-c5c(F)cccc5F)nnc34)n2)n1. The number of fused-ring (bicyclic) bond motifs is 5. The summed E-state index contributed by atoms with van der Waals surface area (Å²) in [5, 5.41) is 18.7. The van der Waals surface area contributed by atoms with Gasteiger partial charge in [0.2, 0.25) is 5.89 Å². The molecule has 1 aromatic carbocycles. The third kappa shape index (κ3) is 3.07. The molecule has 3 atom stereocenters. The van der Waals surface area contributed by atoms with Crippen molar-refractivity contribution in [2.75, 3.05) is 0 Å². The molecule has 34 heavy (non-hydrogen) atoms. The van der Waals surface area contributed by atoms with Crippen LogP contribution >= 0.6 is 0 Å². The van der Waals surface area contributed by atoms with Crippen LogP contribution in [-0.2, 0) is 5.41 Å². The Kier molecular flexibility index (Phi) is 4.77. The lowest BCUT2D eigenvalue weighted by molar-refractivity contribution is 0.169. The summed E-state index contributed by atoms with van der Waals surface area (Å²) >= 11 is 0. The van der Waals surface area contributed by atoms with E-state index in [4.69, 9.17) is 9.40 Å². The molecule has 7 nitrogen and oxygen atoms in total. The molecule has 0 unspecified atom stereocenters. The fourth-order valence-corrected chi connectivity index (χ4v) is 5.30. The molecule has 2 bridgehead atoms. The first kappa shape index (κ1) is 21.0. The lowest BCUT2D eigenvalue weighted by Crippen LogP contribution is -2.26. The van der Waals surface area contributed by atoms with Crippen molar-refractivity contribution in [3.8, 4) is 22.8 Å². The second kappa shape index (κ2) is 7.73. The maximum atomic E-state index is 14.3. The highest BCUT2D eigenvalue weighted by Gasteiger charge is 2.53. The van der Waals surface area contributed by atoms with Crippen molar-refractivity contribution in [2.45, 2.75) is 50.0 Å². The van der Waals surface area contributed by atoms with Gasteiger partial charge in [0.15, 0.2) is 0 Å². The van der Waals surface area contributed by atoms with Crippen LogP contribution in [0.25, 0.3) is 22.8 Å². The Morgan fingerprint density at radius 3 is 2.76 bits per heavy atom. The topological polar surface area (TPSA) is 97.8 Å². The summed E-state index contributed by atoms with van der Waals surface area (Å²) in [5.74, 6) is -0.830. The van der Waals surface area contributed by atoms with Gasteiger partial charge in [-0.15, -0.1) is 5.10 Å². The number of aromatic nitrogens is 5. The number of rotatable bonds is 5. The van der Waals surface area contributed by atoms with E-state index in [1.165, 1.54) is 24.5 Å². The number of hydrogen-bond acceptors (Lipinski definition) is 7. The smallest absolute Gasteiger partial charge is 0.247 e. The quantitative estimate of drug-likeness (QED) is 0.452. The zero-order chi connectivity index (χ0) is 23.4. The Morgan fingerprint density at radius 1 is 1.15 bits per heavy atom. The minimum absolute atomic E-state index is 0.162. The van der Waals surface area contributed by atoms with Gasteiger partial charge in [0.25, 0.3) is 0 Å². The number of halogens is 2. The molecule has 3 heterocycles. The van der Waals surface area contributed by atoms with Crippen molar-refractivity contribution in [1.82, 2.24) is 25.1 Å². The summed E-state index contributed by atoms with van der Waals surface area (Å²) in [4.78, 5) is 13.6. The van der Waals surface area contributed by atoms with Crippen LogP contribution in [0.4, 0.5) is 8.78 Å². The molecule has 172 valence electrons. The van der Waals surface area contributed by atoms with Crippen molar-refractivity contribution >= 4 is 0 Å². The Hall–Kier alpha value is -3.59. The van der Waals surface area contributed by atoms with E-state index in [-0.39, 0.29) is 23.1 Å². The highest BCUT2D eigenvalue weighted by atomic mass is 19.1. The number of aliphatic hydroxyl groups is 1. The van der Waals surface area contributed by atoms with Crippen LogP contribution in [0.5, 0.6) is 0 Å². The standard InChI is InChI=1S/C25H21F2N5O2/c1-2-20(33)19-12-34-24(30-19)18-10-28-11-21(29-18)25-7-6-13(9-25)14-8-17(31-32-23(14)25)22-15(26)4-3-5-16(22)27/h3-5,8,10-13,20,33H,2,6-7,9H2,1H3/t13-,20-,25+/m1/s1. The predicted molar refractivity (Wildman–Crippen MR) is 118 cm³/mol. The molecule has 1 fully saturated rings. The first-order chi connectivity index (χ1) is 16.5. The summed E-state index contributed by atoms with van der Waals surface area (Å²) in [6.45, 7) is 1.86. The van der Waals surface area contributed by atoms with E-state index in [0.717, 1.165) is 36.2 Å². The van der Waals surface area contributed by atoms with Crippen molar-refractivity contribution < 1.29 is 18.3 Å². The summed E-state index contributed by atoms with van der Waals surface area (Å²) in [5.41, 5.74) is 2.96. The molecule has 3 aromatic heterocycles. The average Bonchev–Trinajstić information content (AvgIpc) is 3.59. The number of oxazole rings is 1.